The average molecular weight is 499 g/mol. The minimum atomic E-state index is -0.368. The Kier molecular flexibility index (Phi) is 7.81. The first-order chi connectivity index (χ1) is 17.0. The molecule has 35 heavy (non-hydrogen) atoms. The Morgan fingerprint density at radius 1 is 1.06 bits per heavy atom. The van der Waals surface area contributed by atoms with Crippen LogP contribution in [0, 0.1) is 5.82 Å². The van der Waals surface area contributed by atoms with E-state index in [4.69, 9.17) is 14.2 Å². The second-order valence-corrected chi connectivity index (χ2v) is 8.28. The van der Waals surface area contributed by atoms with E-state index in [2.05, 4.69) is 15.4 Å². The molecule has 0 fully saturated rings. The molecular weight excluding hydrogens is 471 g/mol. The zero-order valence-corrected chi connectivity index (χ0v) is 20.7. The molecule has 2 aromatic carbocycles. The minimum Gasteiger partial charge on any atom is -0.490 e. The highest BCUT2D eigenvalue weighted by atomic mass is 32.1. The Balaban J connectivity index is 1.48. The van der Waals surface area contributed by atoms with E-state index >= 15 is 0 Å². The van der Waals surface area contributed by atoms with Crippen molar-refractivity contribution in [1.29, 1.82) is 0 Å². The van der Waals surface area contributed by atoms with Crippen LogP contribution in [0.3, 0.4) is 0 Å². The summed E-state index contributed by atoms with van der Waals surface area (Å²) in [5.41, 5.74) is 1.64. The highest BCUT2D eigenvalue weighted by Crippen LogP contribution is 2.39. The smallest absolute Gasteiger partial charge is 0.251 e. The number of benzene rings is 2. The quantitative estimate of drug-likeness (QED) is 0.321. The van der Waals surface area contributed by atoms with Crippen molar-refractivity contribution in [1.82, 2.24) is 19.9 Å². The number of aromatic nitrogens is 3. The number of hydrogen-bond donors (Lipinski definition) is 1. The van der Waals surface area contributed by atoms with Crippen LogP contribution in [0.2, 0.25) is 0 Å². The molecule has 10 heteroatoms. The van der Waals surface area contributed by atoms with Crippen molar-refractivity contribution in [3.8, 4) is 28.6 Å². The van der Waals surface area contributed by atoms with Gasteiger partial charge in [-0.3, -0.25) is 4.79 Å². The van der Waals surface area contributed by atoms with Crippen molar-refractivity contribution in [3.63, 3.8) is 0 Å². The van der Waals surface area contributed by atoms with E-state index in [0.717, 1.165) is 5.69 Å². The molecule has 0 radical (unpaired) electrons. The SMILES string of the molecule is CCOc1cc(C(=O)NCCc2csc3nc(-c4ccccc4F)nn23)cc(OCC)c1OCC. The number of carbonyl (C=O) groups excluding carboxylic acids is 1. The van der Waals surface area contributed by atoms with Gasteiger partial charge >= 0.3 is 0 Å². The van der Waals surface area contributed by atoms with E-state index in [-0.39, 0.29) is 11.7 Å². The standard InChI is InChI=1S/C25H27FN4O4S/c1-4-32-20-13-16(14-21(33-5-2)22(20)34-6-3)24(31)27-12-11-17-15-35-25-28-23(29-30(17)25)18-9-7-8-10-19(18)26/h7-10,13-15H,4-6,11-12H2,1-3H3,(H,27,31). The van der Waals surface area contributed by atoms with Crippen molar-refractivity contribution < 1.29 is 23.4 Å². The van der Waals surface area contributed by atoms with Crippen molar-refractivity contribution in [3.05, 3.63) is 58.9 Å². The van der Waals surface area contributed by atoms with Gasteiger partial charge in [-0.2, -0.15) is 4.98 Å². The third kappa shape index (κ3) is 5.37. The first kappa shape index (κ1) is 24.5. The Bertz CT molecular complexity index is 1290. The molecule has 0 aliphatic heterocycles. The summed E-state index contributed by atoms with van der Waals surface area (Å²) < 4.78 is 32.9. The molecule has 0 atom stereocenters. The zero-order valence-electron chi connectivity index (χ0n) is 19.8. The van der Waals surface area contributed by atoms with Gasteiger partial charge in [-0.1, -0.05) is 12.1 Å². The van der Waals surface area contributed by atoms with Gasteiger partial charge in [-0.25, -0.2) is 8.91 Å². The van der Waals surface area contributed by atoms with Gasteiger partial charge in [0.05, 0.1) is 31.1 Å². The van der Waals surface area contributed by atoms with Crippen LogP contribution in [0.5, 0.6) is 17.2 Å². The topological polar surface area (TPSA) is 87.0 Å². The van der Waals surface area contributed by atoms with Crippen molar-refractivity contribution >= 4 is 22.2 Å². The lowest BCUT2D eigenvalue weighted by atomic mass is 10.1. The summed E-state index contributed by atoms with van der Waals surface area (Å²) >= 11 is 1.42. The number of nitrogens with one attached hydrogen (secondary N) is 1. The molecule has 4 rings (SSSR count). The number of hydrogen-bond acceptors (Lipinski definition) is 7. The number of amides is 1. The summed E-state index contributed by atoms with van der Waals surface area (Å²) in [6.45, 7) is 7.29. The Morgan fingerprint density at radius 3 is 2.40 bits per heavy atom. The molecule has 0 saturated carbocycles. The van der Waals surface area contributed by atoms with Crippen LogP contribution in [-0.2, 0) is 6.42 Å². The van der Waals surface area contributed by atoms with Gasteiger partial charge in [0, 0.05) is 23.9 Å². The summed E-state index contributed by atoms with van der Waals surface area (Å²) in [4.78, 5) is 18.0. The maximum Gasteiger partial charge on any atom is 0.251 e. The molecule has 1 N–H and O–H groups in total. The summed E-state index contributed by atoms with van der Waals surface area (Å²) in [6.07, 6.45) is 0.527. The highest BCUT2D eigenvalue weighted by Gasteiger charge is 2.19. The maximum absolute atomic E-state index is 14.1. The summed E-state index contributed by atoms with van der Waals surface area (Å²) in [7, 11) is 0. The molecule has 0 unspecified atom stereocenters. The van der Waals surface area contributed by atoms with Gasteiger partial charge in [0.25, 0.3) is 5.91 Å². The predicted octanol–water partition coefficient (Wildman–Crippen LogP) is 4.77. The van der Waals surface area contributed by atoms with Crippen molar-refractivity contribution in [2.45, 2.75) is 27.2 Å². The molecule has 0 bridgehead atoms. The lowest BCUT2D eigenvalue weighted by Crippen LogP contribution is -2.26. The van der Waals surface area contributed by atoms with E-state index in [1.54, 1.807) is 34.8 Å². The number of nitrogens with zero attached hydrogens (tertiary/aromatic N) is 3. The van der Waals surface area contributed by atoms with Gasteiger partial charge in [-0.05, 0) is 45.0 Å². The number of rotatable bonds is 11. The molecule has 0 aliphatic rings. The molecule has 0 spiro atoms. The average Bonchev–Trinajstić information content (AvgIpc) is 3.43. The van der Waals surface area contributed by atoms with Gasteiger partial charge in [0.2, 0.25) is 10.7 Å². The Labute approximate surface area is 206 Å². The maximum atomic E-state index is 14.1. The van der Waals surface area contributed by atoms with Crippen molar-refractivity contribution in [2.24, 2.45) is 0 Å². The van der Waals surface area contributed by atoms with E-state index < -0.39 is 0 Å². The van der Waals surface area contributed by atoms with Gasteiger partial charge < -0.3 is 19.5 Å². The van der Waals surface area contributed by atoms with Crippen LogP contribution < -0.4 is 19.5 Å². The fourth-order valence-electron chi connectivity index (χ4n) is 3.58. The Hall–Kier alpha value is -3.66. The lowest BCUT2D eigenvalue weighted by molar-refractivity contribution is 0.0953. The normalized spacial score (nSPS) is 11.0. The van der Waals surface area contributed by atoms with Crippen molar-refractivity contribution in [2.75, 3.05) is 26.4 Å². The molecule has 184 valence electrons. The van der Waals surface area contributed by atoms with E-state index in [1.807, 2.05) is 26.2 Å². The highest BCUT2D eigenvalue weighted by molar-refractivity contribution is 7.15. The molecule has 2 aromatic heterocycles. The number of thiazole rings is 1. The van der Waals surface area contributed by atoms with Gasteiger partial charge in [0.1, 0.15) is 5.82 Å². The third-order valence-corrected chi connectivity index (χ3v) is 5.97. The van der Waals surface area contributed by atoms with Crippen LogP contribution in [0.15, 0.2) is 41.8 Å². The second kappa shape index (κ2) is 11.2. The largest absolute Gasteiger partial charge is 0.490 e. The van der Waals surface area contributed by atoms with Gasteiger partial charge in [0.15, 0.2) is 17.3 Å². The number of halogens is 1. The molecule has 0 saturated heterocycles. The summed E-state index contributed by atoms with van der Waals surface area (Å²) in [6, 6.07) is 9.73. The zero-order chi connectivity index (χ0) is 24.8. The molecule has 8 nitrogen and oxygen atoms in total. The number of fused-ring (bicyclic) bond motifs is 1. The minimum absolute atomic E-state index is 0.257. The van der Waals surface area contributed by atoms with E-state index in [1.165, 1.54) is 17.4 Å². The van der Waals surface area contributed by atoms with Crippen LogP contribution >= 0.6 is 11.3 Å². The molecule has 1 amide bonds. The second-order valence-electron chi connectivity index (χ2n) is 7.44. The summed E-state index contributed by atoms with van der Waals surface area (Å²) in [5, 5.41) is 9.33. The molecular formula is C25H27FN4O4S. The molecule has 2 heterocycles. The van der Waals surface area contributed by atoms with Crippen LogP contribution in [0.1, 0.15) is 36.8 Å². The van der Waals surface area contributed by atoms with Crippen LogP contribution in [0.25, 0.3) is 16.3 Å². The predicted molar refractivity (Wildman–Crippen MR) is 132 cm³/mol. The van der Waals surface area contributed by atoms with E-state index in [0.29, 0.717) is 71.9 Å². The monoisotopic (exact) mass is 498 g/mol. The number of ether oxygens (including phenoxy) is 3. The molecule has 4 aromatic rings. The fraction of sp³-hybridized carbons (Fsp3) is 0.320. The van der Waals surface area contributed by atoms with Crippen LogP contribution in [-0.4, -0.2) is 46.9 Å². The van der Waals surface area contributed by atoms with E-state index in [9.17, 15) is 9.18 Å². The molecule has 0 aliphatic carbocycles. The third-order valence-electron chi connectivity index (χ3n) is 5.10. The summed E-state index contributed by atoms with van der Waals surface area (Å²) in [5.74, 6) is 1.13. The number of carbonyl (C=O) groups is 1. The lowest BCUT2D eigenvalue weighted by Gasteiger charge is -2.17. The first-order valence-corrected chi connectivity index (χ1v) is 12.4. The van der Waals surface area contributed by atoms with Crippen LogP contribution in [0.4, 0.5) is 4.39 Å². The van der Waals surface area contributed by atoms with Gasteiger partial charge in [-0.15, -0.1) is 16.4 Å². The fourth-order valence-corrected chi connectivity index (χ4v) is 4.44. The first-order valence-electron chi connectivity index (χ1n) is 11.5. The Morgan fingerprint density at radius 2 is 1.74 bits per heavy atom.